The third-order valence-corrected chi connectivity index (χ3v) is 5.41. The lowest BCUT2D eigenvalue weighted by molar-refractivity contribution is 0.0712. The van der Waals surface area contributed by atoms with Gasteiger partial charge in [0, 0.05) is 35.8 Å². The molecule has 156 valence electrons. The van der Waals surface area contributed by atoms with Crippen LogP contribution in [0.25, 0.3) is 11.0 Å². The Kier molecular flexibility index (Phi) is 5.35. The Hall–Kier alpha value is -3.49. The highest BCUT2D eigenvalue weighted by atomic mass is 19.1. The molecule has 3 aromatic rings. The lowest BCUT2D eigenvalue weighted by Crippen LogP contribution is -2.38. The van der Waals surface area contributed by atoms with Crippen LogP contribution >= 0.6 is 0 Å². The number of aromatic amines is 1. The Morgan fingerprint density at radius 2 is 1.97 bits per heavy atom. The molecular weight excluding hydrogens is 394 g/mol. The smallest absolute Gasteiger partial charge is 0.411 e. The summed E-state index contributed by atoms with van der Waals surface area (Å²) >= 11 is 0. The number of carbonyl (C=O) groups is 2. The van der Waals surface area contributed by atoms with Crippen LogP contribution in [0.15, 0.2) is 36.7 Å². The van der Waals surface area contributed by atoms with E-state index in [1.54, 1.807) is 11.1 Å². The number of nitrogens with one attached hydrogen (secondary N) is 2. The molecule has 1 aromatic carbocycles. The van der Waals surface area contributed by atoms with Crippen LogP contribution in [0.1, 0.15) is 34.7 Å². The minimum atomic E-state index is -0.824. The number of pyridine rings is 1. The first-order chi connectivity index (χ1) is 14.5. The lowest BCUT2D eigenvalue weighted by Gasteiger charge is -2.32. The van der Waals surface area contributed by atoms with Gasteiger partial charge in [0.15, 0.2) is 0 Å². The number of hydrogen-bond donors (Lipinski definition) is 2. The van der Waals surface area contributed by atoms with Crippen molar-refractivity contribution >= 4 is 28.7 Å². The van der Waals surface area contributed by atoms with Gasteiger partial charge in [0.1, 0.15) is 17.3 Å². The molecule has 1 aliphatic rings. The van der Waals surface area contributed by atoms with Gasteiger partial charge >= 0.3 is 6.09 Å². The summed E-state index contributed by atoms with van der Waals surface area (Å²) < 4.78 is 32.9. The number of H-pyrrole nitrogens is 1. The topological polar surface area (TPSA) is 87.3 Å². The molecule has 1 fully saturated rings. The first-order valence-corrected chi connectivity index (χ1v) is 9.53. The van der Waals surface area contributed by atoms with Crippen molar-refractivity contribution < 1.29 is 23.1 Å². The SMILES string of the molecule is COC(=O)Nc1cc(C(=O)N2CCC(c3c(F)cnc4[nH]ccc34)CC2)ccc1F. The zero-order valence-corrected chi connectivity index (χ0v) is 16.2. The van der Waals surface area contributed by atoms with E-state index < -0.39 is 11.9 Å². The summed E-state index contributed by atoms with van der Waals surface area (Å²) in [6.07, 6.45) is 3.33. The number of nitrogens with zero attached hydrogens (tertiary/aromatic N) is 2. The third-order valence-electron chi connectivity index (χ3n) is 5.41. The number of benzene rings is 1. The van der Waals surface area contributed by atoms with Crippen LogP contribution in [0, 0.1) is 11.6 Å². The highest BCUT2D eigenvalue weighted by molar-refractivity contribution is 5.96. The Labute approximate surface area is 171 Å². The van der Waals surface area contributed by atoms with E-state index in [1.165, 1.54) is 25.4 Å². The van der Waals surface area contributed by atoms with Gasteiger partial charge in [-0.3, -0.25) is 10.1 Å². The number of piperidine rings is 1. The number of aromatic nitrogens is 2. The molecule has 30 heavy (non-hydrogen) atoms. The van der Waals surface area contributed by atoms with E-state index in [2.05, 4.69) is 20.0 Å². The number of ether oxygens (including phenoxy) is 1. The molecule has 0 unspecified atom stereocenters. The van der Waals surface area contributed by atoms with Gasteiger partial charge in [0.2, 0.25) is 0 Å². The maximum Gasteiger partial charge on any atom is 0.411 e. The molecule has 0 spiro atoms. The molecule has 0 aliphatic carbocycles. The van der Waals surface area contributed by atoms with Crippen molar-refractivity contribution in [2.45, 2.75) is 18.8 Å². The Morgan fingerprint density at radius 1 is 1.20 bits per heavy atom. The molecule has 0 saturated carbocycles. The molecule has 7 nitrogen and oxygen atoms in total. The van der Waals surface area contributed by atoms with Gasteiger partial charge in [-0.1, -0.05) is 0 Å². The van der Waals surface area contributed by atoms with Gasteiger partial charge in [0.25, 0.3) is 5.91 Å². The minimum Gasteiger partial charge on any atom is -0.453 e. The maximum absolute atomic E-state index is 14.5. The zero-order chi connectivity index (χ0) is 21.3. The van der Waals surface area contributed by atoms with Crippen LogP contribution in [-0.4, -0.2) is 47.1 Å². The molecule has 9 heteroatoms. The molecule has 4 rings (SSSR count). The number of methoxy groups -OCH3 is 1. The lowest BCUT2D eigenvalue weighted by atomic mass is 9.87. The quantitative estimate of drug-likeness (QED) is 0.677. The van der Waals surface area contributed by atoms with Gasteiger partial charge in [0.05, 0.1) is 19.0 Å². The normalized spacial score (nSPS) is 14.7. The number of fused-ring (bicyclic) bond motifs is 1. The van der Waals surface area contributed by atoms with Crippen LogP contribution in [0.3, 0.4) is 0 Å². The van der Waals surface area contributed by atoms with Crippen molar-refractivity contribution in [3.05, 3.63) is 59.4 Å². The van der Waals surface area contributed by atoms with Gasteiger partial charge in [-0.25, -0.2) is 18.6 Å². The average Bonchev–Trinajstić information content (AvgIpc) is 3.23. The first kappa shape index (κ1) is 19.8. The molecule has 1 aliphatic heterocycles. The first-order valence-electron chi connectivity index (χ1n) is 9.53. The predicted molar refractivity (Wildman–Crippen MR) is 106 cm³/mol. The molecule has 2 aromatic heterocycles. The van der Waals surface area contributed by atoms with E-state index in [9.17, 15) is 18.4 Å². The van der Waals surface area contributed by atoms with E-state index >= 15 is 0 Å². The zero-order valence-electron chi connectivity index (χ0n) is 16.2. The maximum atomic E-state index is 14.5. The van der Waals surface area contributed by atoms with Gasteiger partial charge in [-0.15, -0.1) is 0 Å². The van der Waals surface area contributed by atoms with E-state index in [0.29, 0.717) is 37.1 Å². The summed E-state index contributed by atoms with van der Waals surface area (Å²) in [5.74, 6) is -1.31. The van der Waals surface area contributed by atoms with E-state index in [0.717, 1.165) is 11.5 Å². The summed E-state index contributed by atoms with van der Waals surface area (Å²) in [5, 5.41) is 3.01. The van der Waals surface area contributed by atoms with Crippen molar-refractivity contribution in [1.29, 1.82) is 0 Å². The number of rotatable bonds is 3. The molecule has 3 heterocycles. The summed E-state index contributed by atoms with van der Waals surface area (Å²) in [7, 11) is 1.17. The molecule has 2 N–H and O–H groups in total. The number of carbonyl (C=O) groups excluding carboxylic acids is 2. The van der Waals surface area contributed by atoms with Crippen molar-refractivity contribution in [2.24, 2.45) is 0 Å². The number of amides is 2. The molecular formula is C21H20F2N4O3. The Balaban J connectivity index is 1.48. The fourth-order valence-electron chi connectivity index (χ4n) is 3.89. The van der Waals surface area contributed by atoms with Gasteiger partial charge in [-0.2, -0.15) is 0 Å². The average molecular weight is 414 g/mol. The van der Waals surface area contributed by atoms with E-state index in [-0.39, 0.29) is 28.9 Å². The minimum absolute atomic E-state index is 0.0277. The van der Waals surface area contributed by atoms with E-state index in [4.69, 9.17) is 0 Å². The fraction of sp³-hybridized carbons (Fsp3) is 0.286. The van der Waals surface area contributed by atoms with Crippen LogP contribution in [0.4, 0.5) is 19.3 Å². The predicted octanol–water partition coefficient (Wildman–Crippen LogP) is 4.04. The highest BCUT2D eigenvalue weighted by Crippen LogP contribution is 2.34. The fourth-order valence-corrected chi connectivity index (χ4v) is 3.89. The third kappa shape index (κ3) is 3.70. The Bertz CT molecular complexity index is 1110. The van der Waals surface area contributed by atoms with Crippen molar-refractivity contribution in [1.82, 2.24) is 14.9 Å². The monoisotopic (exact) mass is 414 g/mol. The number of likely N-dealkylation sites (tertiary alicyclic amines) is 1. The number of anilines is 1. The van der Waals surface area contributed by atoms with Crippen molar-refractivity contribution in [3.63, 3.8) is 0 Å². The van der Waals surface area contributed by atoms with Crippen LogP contribution in [0.5, 0.6) is 0 Å². The molecule has 0 atom stereocenters. The van der Waals surface area contributed by atoms with Crippen molar-refractivity contribution in [2.75, 3.05) is 25.5 Å². The summed E-state index contributed by atoms with van der Waals surface area (Å²) in [6, 6.07) is 5.59. The highest BCUT2D eigenvalue weighted by Gasteiger charge is 2.28. The summed E-state index contributed by atoms with van der Waals surface area (Å²) in [5.41, 5.74) is 1.39. The standard InChI is InChI=1S/C21H20F2N4O3/c1-30-21(29)26-17-10-13(2-3-15(17)22)20(28)27-8-5-12(6-9-27)18-14-4-7-24-19(14)25-11-16(18)23/h2-4,7,10-12H,5-6,8-9H2,1H3,(H,24,25)(H,26,29). The summed E-state index contributed by atoms with van der Waals surface area (Å²) in [6.45, 7) is 0.878. The number of halogens is 2. The second-order valence-electron chi connectivity index (χ2n) is 7.14. The molecule has 2 amide bonds. The largest absolute Gasteiger partial charge is 0.453 e. The van der Waals surface area contributed by atoms with Crippen LogP contribution in [-0.2, 0) is 4.74 Å². The molecule has 0 radical (unpaired) electrons. The number of hydrogen-bond acceptors (Lipinski definition) is 4. The second-order valence-corrected chi connectivity index (χ2v) is 7.14. The van der Waals surface area contributed by atoms with Gasteiger partial charge in [-0.05, 0) is 43.0 Å². The molecule has 1 saturated heterocycles. The van der Waals surface area contributed by atoms with E-state index in [1.807, 2.05) is 6.07 Å². The van der Waals surface area contributed by atoms with Crippen LogP contribution < -0.4 is 5.32 Å². The van der Waals surface area contributed by atoms with Crippen molar-refractivity contribution in [3.8, 4) is 0 Å². The molecule has 0 bridgehead atoms. The Morgan fingerprint density at radius 3 is 2.70 bits per heavy atom. The second kappa shape index (κ2) is 8.10. The van der Waals surface area contributed by atoms with Gasteiger partial charge < -0.3 is 14.6 Å². The summed E-state index contributed by atoms with van der Waals surface area (Å²) in [4.78, 5) is 32.9. The van der Waals surface area contributed by atoms with Crippen LogP contribution in [0.2, 0.25) is 0 Å².